The number of benzene rings is 1. The molecule has 0 aliphatic carbocycles. The summed E-state index contributed by atoms with van der Waals surface area (Å²) in [6, 6.07) is 11.1. The first-order chi connectivity index (χ1) is 13.1. The molecule has 6 heteroatoms. The highest BCUT2D eigenvalue weighted by Crippen LogP contribution is 2.32. The van der Waals surface area contributed by atoms with Crippen molar-refractivity contribution < 1.29 is 14.0 Å². The van der Waals surface area contributed by atoms with E-state index in [0.717, 1.165) is 25.9 Å². The molecule has 0 radical (unpaired) electrons. The largest absolute Gasteiger partial charge is 0.451 e. The Morgan fingerprint density at radius 3 is 2.52 bits per heavy atom. The zero-order chi connectivity index (χ0) is 19.0. The van der Waals surface area contributed by atoms with Crippen molar-refractivity contribution >= 4 is 11.8 Å². The van der Waals surface area contributed by atoms with Crippen molar-refractivity contribution in [3.63, 3.8) is 0 Å². The van der Waals surface area contributed by atoms with Crippen LogP contribution in [0.3, 0.4) is 0 Å². The van der Waals surface area contributed by atoms with Gasteiger partial charge < -0.3 is 15.1 Å². The van der Waals surface area contributed by atoms with Crippen LogP contribution >= 0.6 is 0 Å². The molecule has 3 aliphatic heterocycles. The van der Waals surface area contributed by atoms with Crippen molar-refractivity contribution in [3.05, 3.63) is 47.7 Å². The molecule has 2 N–H and O–H groups in total. The lowest BCUT2D eigenvalue weighted by atomic mass is 9.79. The standard InChI is InChI=1S/C21H25N3O3/c1-13-19(14-9-11-24(13)12-10-14)23-21(26)18-8-7-17(27-18)15-5-3-4-6-16(15)20(25)22-2/h3-8,13-14,19H,9-12H2,1-2H3,(H,22,25)(H,23,26). The molecule has 3 fully saturated rings. The van der Waals surface area contributed by atoms with Gasteiger partial charge in [0.25, 0.3) is 11.8 Å². The lowest BCUT2D eigenvalue weighted by Gasteiger charge is -2.49. The summed E-state index contributed by atoms with van der Waals surface area (Å²) in [5.41, 5.74) is 1.19. The van der Waals surface area contributed by atoms with Crippen LogP contribution in [0.25, 0.3) is 11.3 Å². The minimum atomic E-state index is -0.190. The number of carbonyl (C=O) groups is 2. The third kappa shape index (κ3) is 3.25. The van der Waals surface area contributed by atoms with Gasteiger partial charge in [-0.15, -0.1) is 0 Å². The SMILES string of the molecule is CNC(=O)c1ccccc1-c1ccc(C(=O)NC2C3CCN(CC3)C2C)o1. The molecule has 27 heavy (non-hydrogen) atoms. The number of nitrogens with one attached hydrogen (secondary N) is 2. The van der Waals surface area contributed by atoms with E-state index in [1.165, 1.54) is 0 Å². The number of fused-ring (bicyclic) bond motifs is 3. The third-order valence-electron chi connectivity index (χ3n) is 5.97. The zero-order valence-electron chi connectivity index (χ0n) is 15.7. The number of furan rings is 1. The Kier molecular flexibility index (Phi) is 4.74. The van der Waals surface area contributed by atoms with Crippen LogP contribution in [0.1, 0.15) is 40.7 Å². The van der Waals surface area contributed by atoms with Crippen LogP contribution in [-0.2, 0) is 0 Å². The Morgan fingerprint density at radius 1 is 1.07 bits per heavy atom. The third-order valence-corrected chi connectivity index (χ3v) is 5.97. The van der Waals surface area contributed by atoms with Gasteiger partial charge in [-0.05, 0) is 57.0 Å². The second-order valence-electron chi connectivity index (χ2n) is 7.40. The number of nitrogens with zero attached hydrogens (tertiary/aromatic N) is 1. The van der Waals surface area contributed by atoms with E-state index >= 15 is 0 Å². The van der Waals surface area contributed by atoms with Crippen molar-refractivity contribution in [1.29, 1.82) is 0 Å². The van der Waals surface area contributed by atoms with Crippen LogP contribution in [0.5, 0.6) is 0 Å². The molecule has 2 atom stereocenters. The Labute approximate surface area is 158 Å². The average Bonchev–Trinajstić information content (AvgIpc) is 3.20. The van der Waals surface area contributed by atoms with Crippen LogP contribution in [0, 0.1) is 5.92 Å². The Bertz CT molecular complexity index is 850. The van der Waals surface area contributed by atoms with Gasteiger partial charge in [0.05, 0.1) is 5.56 Å². The lowest BCUT2D eigenvalue weighted by Crippen LogP contribution is -2.62. The summed E-state index contributed by atoms with van der Waals surface area (Å²) in [5.74, 6) is 0.956. The Morgan fingerprint density at radius 2 is 1.81 bits per heavy atom. The van der Waals surface area contributed by atoms with Crippen LogP contribution in [0.2, 0.25) is 0 Å². The molecule has 2 bridgehead atoms. The monoisotopic (exact) mass is 367 g/mol. The molecule has 0 spiro atoms. The fourth-order valence-corrected chi connectivity index (χ4v) is 4.40. The summed E-state index contributed by atoms with van der Waals surface area (Å²) in [5, 5.41) is 5.81. The molecule has 1 aromatic carbocycles. The first-order valence-electron chi connectivity index (χ1n) is 9.54. The summed E-state index contributed by atoms with van der Waals surface area (Å²) in [7, 11) is 1.59. The number of carbonyl (C=O) groups excluding carboxylic acids is 2. The van der Waals surface area contributed by atoms with E-state index in [2.05, 4.69) is 22.5 Å². The topological polar surface area (TPSA) is 74.6 Å². The number of piperidine rings is 3. The van der Waals surface area contributed by atoms with E-state index in [-0.39, 0.29) is 23.6 Å². The minimum absolute atomic E-state index is 0.159. The molecule has 2 unspecified atom stereocenters. The van der Waals surface area contributed by atoms with Gasteiger partial charge in [0, 0.05) is 24.7 Å². The second-order valence-corrected chi connectivity index (χ2v) is 7.40. The molecule has 6 nitrogen and oxygen atoms in total. The minimum Gasteiger partial charge on any atom is -0.451 e. The fourth-order valence-electron chi connectivity index (χ4n) is 4.40. The molecule has 2 amide bonds. The van der Waals surface area contributed by atoms with Crippen LogP contribution in [0.4, 0.5) is 0 Å². The quantitative estimate of drug-likeness (QED) is 0.871. The smallest absolute Gasteiger partial charge is 0.287 e. The summed E-state index contributed by atoms with van der Waals surface area (Å²) in [6.07, 6.45) is 2.27. The predicted octanol–water partition coefficient (Wildman–Crippen LogP) is 2.52. The summed E-state index contributed by atoms with van der Waals surface area (Å²) < 4.78 is 5.82. The Hall–Kier alpha value is -2.60. The van der Waals surface area contributed by atoms with Crippen molar-refractivity contribution in [2.75, 3.05) is 20.1 Å². The van der Waals surface area contributed by atoms with Gasteiger partial charge >= 0.3 is 0 Å². The average molecular weight is 367 g/mol. The van der Waals surface area contributed by atoms with E-state index in [0.29, 0.717) is 28.8 Å². The molecular weight excluding hydrogens is 342 g/mol. The summed E-state index contributed by atoms with van der Waals surface area (Å²) in [4.78, 5) is 27.3. The summed E-state index contributed by atoms with van der Waals surface area (Å²) >= 11 is 0. The molecule has 1 aromatic heterocycles. The van der Waals surface area contributed by atoms with Crippen molar-refractivity contribution in [1.82, 2.24) is 15.5 Å². The van der Waals surface area contributed by atoms with Gasteiger partial charge in [-0.25, -0.2) is 0 Å². The predicted molar refractivity (Wildman–Crippen MR) is 103 cm³/mol. The van der Waals surface area contributed by atoms with E-state index in [4.69, 9.17) is 4.42 Å². The van der Waals surface area contributed by atoms with Gasteiger partial charge in [0.15, 0.2) is 5.76 Å². The normalized spacial score (nSPS) is 26.6. The highest BCUT2D eigenvalue weighted by Gasteiger charge is 2.40. The first kappa shape index (κ1) is 17.8. The molecule has 3 aliphatic rings. The van der Waals surface area contributed by atoms with E-state index < -0.39 is 0 Å². The first-order valence-corrected chi connectivity index (χ1v) is 9.54. The number of rotatable bonds is 4. The van der Waals surface area contributed by atoms with Gasteiger partial charge in [0.1, 0.15) is 5.76 Å². The fraction of sp³-hybridized carbons (Fsp3) is 0.429. The Balaban J connectivity index is 1.53. The number of hydrogen-bond donors (Lipinski definition) is 2. The maximum atomic E-state index is 12.8. The molecule has 142 valence electrons. The van der Waals surface area contributed by atoms with Crippen molar-refractivity contribution in [2.24, 2.45) is 5.92 Å². The maximum absolute atomic E-state index is 12.8. The highest BCUT2D eigenvalue weighted by molar-refractivity contribution is 6.00. The van der Waals surface area contributed by atoms with E-state index in [9.17, 15) is 9.59 Å². The van der Waals surface area contributed by atoms with Crippen LogP contribution in [-0.4, -0.2) is 48.9 Å². The van der Waals surface area contributed by atoms with E-state index in [1.54, 1.807) is 31.3 Å². The van der Waals surface area contributed by atoms with E-state index in [1.807, 2.05) is 12.1 Å². The van der Waals surface area contributed by atoms with Gasteiger partial charge in [0.2, 0.25) is 0 Å². The van der Waals surface area contributed by atoms with Crippen molar-refractivity contribution in [3.8, 4) is 11.3 Å². The number of amides is 2. The molecule has 4 heterocycles. The molecule has 5 rings (SSSR count). The highest BCUT2D eigenvalue weighted by atomic mass is 16.4. The molecular formula is C21H25N3O3. The van der Waals surface area contributed by atoms with Gasteiger partial charge in [-0.1, -0.05) is 18.2 Å². The molecule has 3 saturated heterocycles. The second kappa shape index (κ2) is 7.19. The van der Waals surface area contributed by atoms with Crippen molar-refractivity contribution in [2.45, 2.75) is 31.8 Å². The molecule has 2 aromatic rings. The summed E-state index contributed by atoms with van der Waals surface area (Å²) in [6.45, 7) is 4.43. The lowest BCUT2D eigenvalue weighted by molar-refractivity contribution is 0.0211. The molecule has 0 saturated carbocycles. The maximum Gasteiger partial charge on any atom is 0.287 e. The van der Waals surface area contributed by atoms with Crippen LogP contribution in [0.15, 0.2) is 40.8 Å². The number of hydrogen-bond acceptors (Lipinski definition) is 4. The van der Waals surface area contributed by atoms with Gasteiger partial charge in [-0.3, -0.25) is 14.5 Å². The van der Waals surface area contributed by atoms with Gasteiger partial charge in [-0.2, -0.15) is 0 Å². The van der Waals surface area contributed by atoms with Crippen LogP contribution < -0.4 is 10.6 Å². The zero-order valence-corrected chi connectivity index (χ0v) is 15.7.